The predicted molar refractivity (Wildman–Crippen MR) is 103 cm³/mol. The zero-order chi connectivity index (χ0) is 17.9. The lowest BCUT2D eigenvalue weighted by atomic mass is 10.2. The average Bonchev–Trinajstić information content (AvgIpc) is 3.15. The van der Waals surface area contributed by atoms with Gasteiger partial charge in [0.2, 0.25) is 12.7 Å². The highest BCUT2D eigenvalue weighted by Crippen LogP contribution is 2.32. The maximum atomic E-state index is 5.44. The Morgan fingerprint density at radius 2 is 1.81 bits per heavy atom. The van der Waals surface area contributed by atoms with Gasteiger partial charge < -0.3 is 19.7 Å². The molecule has 2 heterocycles. The summed E-state index contributed by atoms with van der Waals surface area (Å²) in [5.74, 6) is 3.17. The van der Waals surface area contributed by atoms with E-state index in [-0.39, 0.29) is 6.79 Å². The molecule has 0 radical (unpaired) electrons. The summed E-state index contributed by atoms with van der Waals surface area (Å²) < 4.78 is 10.8. The van der Waals surface area contributed by atoms with Crippen LogP contribution in [0.3, 0.4) is 0 Å². The quantitative estimate of drug-likeness (QED) is 0.729. The van der Waals surface area contributed by atoms with Crippen molar-refractivity contribution in [3.05, 3.63) is 48.0 Å². The molecule has 0 amide bonds. The van der Waals surface area contributed by atoms with Crippen molar-refractivity contribution < 1.29 is 9.47 Å². The molecule has 1 aliphatic heterocycles. The second-order valence-corrected chi connectivity index (χ2v) is 6.10. The van der Waals surface area contributed by atoms with Crippen molar-refractivity contribution in [2.24, 2.45) is 0 Å². The van der Waals surface area contributed by atoms with E-state index in [1.165, 1.54) is 0 Å². The minimum atomic E-state index is 0.285. The summed E-state index contributed by atoms with van der Waals surface area (Å²) in [5.41, 5.74) is 2.04. The molecule has 1 aliphatic rings. The van der Waals surface area contributed by atoms with Crippen molar-refractivity contribution in [2.75, 3.05) is 30.1 Å². The number of hydrogen-bond acceptors (Lipinski definition) is 6. The fourth-order valence-corrected chi connectivity index (χ4v) is 3.14. The summed E-state index contributed by atoms with van der Waals surface area (Å²) in [4.78, 5) is 11.7. The number of hydrogen-bond donors (Lipinski definition) is 1. The van der Waals surface area contributed by atoms with Gasteiger partial charge in [-0.05, 0) is 43.7 Å². The summed E-state index contributed by atoms with van der Waals surface area (Å²) in [6, 6.07) is 14.1. The number of benzene rings is 2. The van der Waals surface area contributed by atoms with Crippen molar-refractivity contribution in [1.29, 1.82) is 0 Å². The standard InChI is InChI=1S/C20H22N4O2/c1-3-24(4-2)19-15-7-5-6-8-16(15)22-20(23-19)21-12-14-9-10-17-18(11-14)26-13-25-17/h5-11H,3-4,12-13H2,1-2H3,(H,21,22,23). The third-order valence-corrected chi connectivity index (χ3v) is 4.53. The van der Waals surface area contributed by atoms with E-state index in [4.69, 9.17) is 14.5 Å². The number of fused-ring (bicyclic) bond motifs is 2. The first-order valence-corrected chi connectivity index (χ1v) is 8.92. The summed E-state index contributed by atoms with van der Waals surface area (Å²) in [6.07, 6.45) is 0. The fraction of sp³-hybridized carbons (Fsp3) is 0.300. The van der Waals surface area contributed by atoms with E-state index in [0.29, 0.717) is 12.5 Å². The van der Waals surface area contributed by atoms with Crippen LogP contribution in [0.4, 0.5) is 11.8 Å². The fourth-order valence-electron chi connectivity index (χ4n) is 3.14. The Morgan fingerprint density at radius 3 is 2.65 bits per heavy atom. The Bertz CT molecular complexity index is 925. The molecule has 0 aliphatic carbocycles. The lowest BCUT2D eigenvalue weighted by molar-refractivity contribution is 0.174. The van der Waals surface area contributed by atoms with Crippen LogP contribution in [0.15, 0.2) is 42.5 Å². The smallest absolute Gasteiger partial charge is 0.231 e. The number of rotatable bonds is 6. The normalized spacial score (nSPS) is 12.4. The van der Waals surface area contributed by atoms with Gasteiger partial charge in [0, 0.05) is 25.0 Å². The summed E-state index contributed by atoms with van der Waals surface area (Å²) in [5, 5.41) is 4.42. The number of nitrogens with zero attached hydrogens (tertiary/aromatic N) is 3. The van der Waals surface area contributed by atoms with Gasteiger partial charge in [0.25, 0.3) is 0 Å². The maximum Gasteiger partial charge on any atom is 0.231 e. The van der Waals surface area contributed by atoms with E-state index in [9.17, 15) is 0 Å². The highest BCUT2D eigenvalue weighted by atomic mass is 16.7. The first kappa shape index (κ1) is 16.4. The van der Waals surface area contributed by atoms with Crippen LogP contribution in [0, 0.1) is 0 Å². The van der Waals surface area contributed by atoms with Gasteiger partial charge in [-0.15, -0.1) is 0 Å². The van der Waals surface area contributed by atoms with Crippen LogP contribution in [-0.4, -0.2) is 29.9 Å². The highest BCUT2D eigenvalue weighted by Gasteiger charge is 2.14. The molecule has 26 heavy (non-hydrogen) atoms. The van der Waals surface area contributed by atoms with Crippen molar-refractivity contribution in [3.8, 4) is 11.5 Å². The van der Waals surface area contributed by atoms with E-state index >= 15 is 0 Å². The van der Waals surface area contributed by atoms with Crippen LogP contribution in [0.25, 0.3) is 10.9 Å². The Kier molecular flexibility index (Phi) is 4.48. The molecule has 2 aromatic carbocycles. The molecular weight excluding hydrogens is 328 g/mol. The molecule has 3 aromatic rings. The third kappa shape index (κ3) is 3.10. The molecule has 4 rings (SSSR count). The molecule has 0 bridgehead atoms. The molecule has 6 nitrogen and oxygen atoms in total. The van der Waals surface area contributed by atoms with Gasteiger partial charge in [0.15, 0.2) is 11.5 Å². The van der Waals surface area contributed by atoms with Crippen molar-refractivity contribution >= 4 is 22.7 Å². The Hall–Kier alpha value is -3.02. The summed E-state index contributed by atoms with van der Waals surface area (Å²) in [7, 11) is 0. The van der Waals surface area contributed by atoms with Gasteiger partial charge in [-0.3, -0.25) is 0 Å². The third-order valence-electron chi connectivity index (χ3n) is 4.53. The van der Waals surface area contributed by atoms with E-state index < -0.39 is 0 Å². The number of ether oxygens (including phenoxy) is 2. The van der Waals surface area contributed by atoms with Crippen molar-refractivity contribution in [2.45, 2.75) is 20.4 Å². The highest BCUT2D eigenvalue weighted by molar-refractivity contribution is 5.90. The van der Waals surface area contributed by atoms with Crippen LogP contribution in [0.1, 0.15) is 19.4 Å². The van der Waals surface area contributed by atoms with E-state index in [1.807, 2.05) is 36.4 Å². The topological polar surface area (TPSA) is 59.5 Å². The van der Waals surface area contributed by atoms with E-state index in [0.717, 1.165) is 46.9 Å². The summed E-state index contributed by atoms with van der Waals surface area (Å²) >= 11 is 0. The molecule has 134 valence electrons. The van der Waals surface area contributed by atoms with E-state index in [1.54, 1.807) is 0 Å². The Balaban J connectivity index is 1.62. The van der Waals surface area contributed by atoms with Crippen LogP contribution < -0.4 is 19.7 Å². The molecule has 0 unspecified atom stereocenters. The Morgan fingerprint density at radius 1 is 1.00 bits per heavy atom. The van der Waals surface area contributed by atoms with Gasteiger partial charge in [-0.1, -0.05) is 18.2 Å². The number of para-hydroxylation sites is 1. The lowest BCUT2D eigenvalue weighted by Gasteiger charge is -2.22. The van der Waals surface area contributed by atoms with E-state index in [2.05, 4.69) is 35.1 Å². The second kappa shape index (κ2) is 7.07. The van der Waals surface area contributed by atoms with Crippen LogP contribution >= 0.6 is 0 Å². The first-order chi connectivity index (χ1) is 12.8. The Labute approximate surface area is 152 Å². The number of aromatic nitrogens is 2. The van der Waals surface area contributed by atoms with Crippen LogP contribution in [0.2, 0.25) is 0 Å². The number of nitrogens with one attached hydrogen (secondary N) is 1. The molecule has 0 atom stereocenters. The average molecular weight is 350 g/mol. The molecular formula is C20H22N4O2. The molecule has 0 saturated carbocycles. The minimum absolute atomic E-state index is 0.285. The second-order valence-electron chi connectivity index (χ2n) is 6.10. The molecule has 0 fully saturated rings. The molecule has 0 spiro atoms. The monoisotopic (exact) mass is 350 g/mol. The zero-order valence-electron chi connectivity index (χ0n) is 15.0. The van der Waals surface area contributed by atoms with Crippen LogP contribution in [0.5, 0.6) is 11.5 Å². The first-order valence-electron chi connectivity index (χ1n) is 8.92. The van der Waals surface area contributed by atoms with Gasteiger partial charge in [0.1, 0.15) is 5.82 Å². The lowest BCUT2D eigenvalue weighted by Crippen LogP contribution is -2.24. The van der Waals surface area contributed by atoms with Gasteiger partial charge >= 0.3 is 0 Å². The zero-order valence-corrected chi connectivity index (χ0v) is 15.0. The van der Waals surface area contributed by atoms with Crippen molar-refractivity contribution in [3.63, 3.8) is 0 Å². The maximum absolute atomic E-state index is 5.44. The van der Waals surface area contributed by atoms with Crippen molar-refractivity contribution in [1.82, 2.24) is 9.97 Å². The predicted octanol–water partition coefficient (Wildman–Crippen LogP) is 3.82. The molecule has 1 aromatic heterocycles. The number of anilines is 2. The van der Waals surface area contributed by atoms with Gasteiger partial charge in [0.05, 0.1) is 5.52 Å². The minimum Gasteiger partial charge on any atom is -0.454 e. The van der Waals surface area contributed by atoms with Gasteiger partial charge in [-0.25, -0.2) is 4.98 Å². The van der Waals surface area contributed by atoms with Gasteiger partial charge in [-0.2, -0.15) is 4.98 Å². The summed E-state index contributed by atoms with van der Waals surface area (Å²) in [6.45, 7) is 6.98. The largest absolute Gasteiger partial charge is 0.454 e. The molecule has 1 N–H and O–H groups in total. The molecule has 0 saturated heterocycles. The van der Waals surface area contributed by atoms with Crippen LogP contribution in [-0.2, 0) is 6.54 Å². The molecule has 6 heteroatoms. The SMILES string of the molecule is CCN(CC)c1nc(NCc2ccc3c(c2)OCO3)nc2ccccc12.